The summed E-state index contributed by atoms with van der Waals surface area (Å²) in [6, 6.07) is 18.9. The van der Waals surface area contributed by atoms with Crippen LogP contribution in [0.4, 0.5) is 11.5 Å². The zero-order chi connectivity index (χ0) is 19.0. The van der Waals surface area contributed by atoms with E-state index in [1.54, 1.807) is 18.0 Å². The molecular formula is C22H24N4OS. The van der Waals surface area contributed by atoms with E-state index in [1.165, 1.54) is 16.8 Å². The van der Waals surface area contributed by atoms with Gasteiger partial charge in [-0.05, 0) is 17.2 Å². The van der Waals surface area contributed by atoms with E-state index >= 15 is 0 Å². The van der Waals surface area contributed by atoms with Crippen LogP contribution in [0.25, 0.3) is 0 Å². The first kappa shape index (κ1) is 18.8. The second kappa shape index (κ2) is 9.57. The van der Waals surface area contributed by atoms with Gasteiger partial charge in [0.25, 0.3) is 0 Å². The number of nitrogens with zero attached hydrogens (tertiary/aromatic N) is 3. The Morgan fingerprint density at radius 3 is 2.61 bits per heavy atom. The number of rotatable bonds is 7. The molecule has 0 amide bonds. The molecule has 28 heavy (non-hydrogen) atoms. The van der Waals surface area contributed by atoms with E-state index < -0.39 is 0 Å². The average Bonchev–Trinajstić information content (AvgIpc) is 2.78. The standard InChI is InChI=1S/C22H24N4OS/c1-2-6-18(7-3-1)17-28-22-16-23-15-21(25-22)24-14-19-8-4-5-9-20(19)26-10-12-27-13-11-26/h1-9,15-16H,10-14,17H2,(H,24,25). The minimum Gasteiger partial charge on any atom is -0.378 e. The first-order chi connectivity index (χ1) is 13.9. The van der Waals surface area contributed by atoms with Gasteiger partial charge in [-0.2, -0.15) is 0 Å². The summed E-state index contributed by atoms with van der Waals surface area (Å²) in [6.07, 6.45) is 3.60. The van der Waals surface area contributed by atoms with Gasteiger partial charge in [-0.3, -0.25) is 4.98 Å². The second-order valence-corrected chi connectivity index (χ2v) is 7.59. The Morgan fingerprint density at radius 2 is 1.75 bits per heavy atom. The third kappa shape index (κ3) is 5.03. The lowest BCUT2D eigenvalue weighted by Crippen LogP contribution is -2.36. The van der Waals surface area contributed by atoms with Crippen LogP contribution < -0.4 is 10.2 Å². The van der Waals surface area contributed by atoms with Crippen molar-refractivity contribution in [3.63, 3.8) is 0 Å². The van der Waals surface area contributed by atoms with Crippen LogP contribution in [0.1, 0.15) is 11.1 Å². The molecule has 0 aliphatic carbocycles. The van der Waals surface area contributed by atoms with Crippen LogP contribution >= 0.6 is 11.8 Å². The van der Waals surface area contributed by atoms with Crippen LogP contribution in [0.3, 0.4) is 0 Å². The average molecular weight is 393 g/mol. The second-order valence-electron chi connectivity index (χ2n) is 6.60. The van der Waals surface area contributed by atoms with E-state index in [4.69, 9.17) is 9.72 Å². The molecule has 2 aromatic carbocycles. The molecule has 1 N–H and O–H groups in total. The Bertz CT molecular complexity index is 884. The van der Waals surface area contributed by atoms with Gasteiger partial charge in [-0.1, -0.05) is 48.5 Å². The van der Waals surface area contributed by atoms with E-state index in [0.717, 1.165) is 49.4 Å². The van der Waals surface area contributed by atoms with Crippen LogP contribution in [0.15, 0.2) is 72.0 Å². The Balaban J connectivity index is 1.39. The molecule has 6 heteroatoms. The van der Waals surface area contributed by atoms with Crippen molar-refractivity contribution in [1.29, 1.82) is 0 Å². The third-order valence-corrected chi connectivity index (χ3v) is 5.62. The summed E-state index contributed by atoms with van der Waals surface area (Å²) >= 11 is 1.70. The molecule has 1 saturated heterocycles. The van der Waals surface area contributed by atoms with Crippen molar-refractivity contribution >= 4 is 23.3 Å². The molecule has 0 bridgehead atoms. The van der Waals surface area contributed by atoms with E-state index in [9.17, 15) is 0 Å². The molecule has 4 rings (SSSR count). The number of morpholine rings is 1. The van der Waals surface area contributed by atoms with Crippen LogP contribution in [-0.4, -0.2) is 36.3 Å². The molecule has 0 radical (unpaired) electrons. The highest BCUT2D eigenvalue weighted by atomic mass is 32.2. The first-order valence-electron chi connectivity index (χ1n) is 9.52. The van der Waals surface area contributed by atoms with Gasteiger partial charge in [0.1, 0.15) is 10.8 Å². The molecule has 0 unspecified atom stereocenters. The van der Waals surface area contributed by atoms with Crippen molar-refractivity contribution in [2.75, 3.05) is 36.5 Å². The van der Waals surface area contributed by atoms with Crippen LogP contribution in [-0.2, 0) is 17.0 Å². The smallest absolute Gasteiger partial charge is 0.146 e. The predicted octanol–water partition coefficient (Wildman–Crippen LogP) is 4.22. The lowest BCUT2D eigenvalue weighted by atomic mass is 10.1. The Morgan fingerprint density at radius 1 is 0.964 bits per heavy atom. The number of ether oxygens (including phenoxy) is 1. The summed E-state index contributed by atoms with van der Waals surface area (Å²) < 4.78 is 5.48. The van der Waals surface area contributed by atoms with Gasteiger partial charge in [0.05, 0.1) is 25.6 Å². The maximum atomic E-state index is 5.48. The zero-order valence-electron chi connectivity index (χ0n) is 15.8. The number of benzene rings is 2. The minimum absolute atomic E-state index is 0.717. The van der Waals surface area contributed by atoms with Gasteiger partial charge in [0, 0.05) is 31.1 Å². The zero-order valence-corrected chi connectivity index (χ0v) is 16.6. The van der Waals surface area contributed by atoms with Crippen molar-refractivity contribution in [3.8, 4) is 0 Å². The number of anilines is 2. The fourth-order valence-electron chi connectivity index (χ4n) is 3.19. The number of para-hydroxylation sites is 1. The normalized spacial score (nSPS) is 14.1. The van der Waals surface area contributed by atoms with E-state index in [-0.39, 0.29) is 0 Å². The number of thioether (sulfide) groups is 1. The van der Waals surface area contributed by atoms with E-state index in [0.29, 0.717) is 0 Å². The summed E-state index contributed by atoms with van der Waals surface area (Å²) in [5.41, 5.74) is 3.81. The van der Waals surface area contributed by atoms with Crippen molar-refractivity contribution < 1.29 is 4.74 Å². The first-order valence-corrected chi connectivity index (χ1v) is 10.5. The van der Waals surface area contributed by atoms with E-state index in [2.05, 4.69) is 63.7 Å². The topological polar surface area (TPSA) is 50.3 Å². The summed E-state index contributed by atoms with van der Waals surface area (Å²) in [5.74, 6) is 1.69. The van der Waals surface area contributed by atoms with Crippen molar-refractivity contribution in [1.82, 2.24) is 9.97 Å². The number of hydrogen-bond acceptors (Lipinski definition) is 6. The highest BCUT2D eigenvalue weighted by Crippen LogP contribution is 2.24. The monoisotopic (exact) mass is 392 g/mol. The number of hydrogen-bond donors (Lipinski definition) is 1. The van der Waals surface area contributed by atoms with Gasteiger partial charge in [0.15, 0.2) is 0 Å². The Kier molecular flexibility index (Phi) is 6.42. The van der Waals surface area contributed by atoms with Gasteiger partial charge in [-0.15, -0.1) is 11.8 Å². The van der Waals surface area contributed by atoms with Gasteiger partial charge >= 0.3 is 0 Å². The quantitative estimate of drug-likeness (QED) is 0.608. The van der Waals surface area contributed by atoms with Gasteiger partial charge < -0.3 is 15.0 Å². The summed E-state index contributed by atoms with van der Waals surface area (Å²) in [4.78, 5) is 11.4. The maximum absolute atomic E-state index is 5.48. The third-order valence-electron chi connectivity index (χ3n) is 4.65. The van der Waals surface area contributed by atoms with Crippen LogP contribution in [0, 0.1) is 0 Å². The highest BCUT2D eigenvalue weighted by molar-refractivity contribution is 7.98. The molecule has 0 atom stereocenters. The molecule has 1 aromatic heterocycles. The largest absolute Gasteiger partial charge is 0.378 e. The molecule has 3 aromatic rings. The van der Waals surface area contributed by atoms with Crippen molar-refractivity contribution in [2.45, 2.75) is 17.3 Å². The SMILES string of the molecule is c1ccc(CSc2cncc(NCc3ccccc3N3CCOCC3)n2)cc1. The Hall–Kier alpha value is -2.57. The number of aromatic nitrogens is 2. The van der Waals surface area contributed by atoms with E-state index in [1.807, 2.05) is 12.3 Å². The molecule has 1 aliphatic rings. The highest BCUT2D eigenvalue weighted by Gasteiger charge is 2.14. The minimum atomic E-state index is 0.717. The molecular weight excluding hydrogens is 368 g/mol. The Labute approximate surface area is 170 Å². The summed E-state index contributed by atoms with van der Waals surface area (Å²) in [5, 5.41) is 4.36. The summed E-state index contributed by atoms with van der Waals surface area (Å²) in [7, 11) is 0. The molecule has 1 aliphatic heterocycles. The van der Waals surface area contributed by atoms with Crippen LogP contribution in [0.2, 0.25) is 0 Å². The maximum Gasteiger partial charge on any atom is 0.146 e. The fourth-order valence-corrected chi connectivity index (χ4v) is 4.00. The van der Waals surface area contributed by atoms with Crippen LogP contribution in [0.5, 0.6) is 0 Å². The molecule has 0 spiro atoms. The van der Waals surface area contributed by atoms with Crippen molar-refractivity contribution in [3.05, 3.63) is 78.1 Å². The summed E-state index contributed by atoms with van der Waals surface area (Å²) in [6.45, 7) is 4.15. The van der Waals surface area contributed by atoms with Gasteiger partial charge in [0.2, 0.25) is 0 Å². The van der Waals surface area contributed by atoms with Crippen molar-refractivity contribution in [2.24, 2.45) is 0 Å². The molecule has 2 heterocycles. The van der Waals surface area contributed by atoms with Gasteiger partial charge in [-0.25, -0.2) is 4.98 Å². The molecule has 1 fully saturated rings. The lowest BCUT2D eigenvalue weighted by Gasteiger charge is -2.30. The lowest BCUT2D eigenvalue weighted by molar-refractivity contribution is 0.122. The molecule has 144 valence electrons. The predicted molar refractivity (Wildman–Crippen MR) is 115 cm³/mol. The fraction of sp³-hybridized carbons (Fsp3) is 0.273. The molecule has 5 nitrogen and oxygen atoms in total. The molecule has 0 saturated carbocycles. The number of nitrogens with one attached hydrogen (secondary N) is 1.